The summed E-state index contributed by atoms with van der Waals surface area (Å²) in [5, 5.41) is 7.10. The minimum absolute atomic E-state index is 0.862. The number of rotatable bonds is 5. The van der Waals surface area contributed by atoms with E-state index in [-0.39, 0.29) is 0 Å². The third-order valence-corrected chi connectivity index (χ3v) is 4.96. The second-order valence-corrected chi connectivity index (χ2v) is 6.73. The van der Waals surface area contributed by atoms with Crippen LogP contribution in [0.15, 0.2) is 5.38 Å². The highest BCUT2D eigenvalue weighted by Crippen LogP contribution is 2.22. The van der Waals surface area contributed by atoms with Crippen molar-refractivity contribution in [1.82, 2.24) is 15.2 Å². The van der Waals surface area contributed by atoms with E-state index in [1.165, 1.54) is 56.0 Å². The Labute approximate surface area is 114 Å². The van der Waals surface area contributed by atoms with Gasteiger partial charge < -0.3 is 5.32 Å². The normalized spacial score (nSPS) is 22.5. The number of nitrogens with zero attached hydrogens (tertiary/aromatic N) is 2. The van der Waals surface area contributed by atoms with Crippen LogP contribution in [0.3, 0.4) is 0 Å². The molecule has 1 aliphatic carbocycles. The highest BCUT2D eigenvalue weighted by atomic mass is 32.1. The molecule has 4 heteroatoms. The summed E-state index contributed by atoms with van der Waals surface area (Å²) < 4.78 is 0. The maximum Gasteiger partial charge on any atom is 0.107 e. The minimum Gasteiger partial charge on any atom is -0.314 e. The Morgan fingerprint density at radius 3 is 2.72 bits per heavy atom. The van der Waals surface area contributed by atoms with Crippen LogP contribution in [0.1, 0.15) is 36.4 Å². The maximum absolute atomic E-state index is 4.56. The van der Waals surface area contributed by atoms with Gasteiger partial charge in [0.1, 0.15) is 5.01 Å². The molecule has 0 bridgehead atoms. The second kappa shape index (κ2) is 5.68. The van der Waals surface area contributed by atoms with Gasteiger partial charge >= 0.3 is 0 Å². The summed E-state index contributed by atoms with van der Waals surface area (Å²) in [4.78, 5) is 7.12. The molecule has 0 unspecified atom stereocenters. The van der Waals surface area contributed by atoms with Crippen LogP contribution in [-0.4, -0.2) is 35.6 Å². The molecule has 0 atom stereocenters. The van der Waals surface area contributed by atoms with E-state index >= 15 is 0 Å². The predicted molar refractivity (Wildman–Crippen MR) is 75.9 cm³/mol. The summed E-state index contributed by atoms with van der Waals surface area (Å²) in [7, 11) is 0. The zero-order valence-electron chi connectivity index (χ0n) is 11.2. The number of hydrogen-bond acceptors (Lipinski definition) is 4. The zero-order chi connectivity index (χ0) is 12.4. The monoisotopic (exact) mass is 265 g/mol. The van der Waals surface area contributed by atoms with Gasteiger partial charge in [0.2, 0.25) is 0 Å². The van der Waals surface area contributed by atoms with Crippen molar-refractivity contribution in [3.05, 3.63) is 16.1 Å². The van der Waals surface area contributed by atoms with Crippen LogP contribution >= 0.6 is 11.3 Å². The van der Waals surface area contributed by atoms with Crippen molar-refractivity contribution in [3.8, 4) is 0 Å². The zero-order valence-corrected chi connectivity index (χ0v) is 12.0. The summed E-state index contributed by atoms with van der Waals surface area (Å²) in [5.41, 5.74) is 1.17. The summed E-state index contributed by atoms with van der Waals surface area (Å²) in [6.07, 6.45) is 5.51. The lowest BCUT2D eigenvalue weighted by Crippen LogP contribution is -2.37. The molecule has 2 fully saturated rings. The van der Waals surface area contributed by atoms with Crippen molar-refractivity contribution >= 4 is 11.3 Å². The van der Waals surface area contributed by atoms with Crippen molar-refractivity contribution in [2.75, 3.05) is 19.6 Å². The fourth-order valence-corrected chi connectivity index (χ4v) is 3.45. The van der Waals surface area contributed by atoms with Crippen molar-refractivity contribution in [1.29, 1.82) is 0 Å². The highest BCUT2D eigenvalue weighted by Gasteiger charge is 2.24. The molecular formula is C14H23N3S. The van der Waals surface area contributed by atoms with Crippen LogP contribution in [0.2, 0.25) is 0 Å². The SMILES string of the molecule is Cc1csc(CN2CCC(CNC3CC3)CC2)n1. The van der Waals surface area contributed by atoms with Crippen molar-refractivity contribution < 1.29 is 0 Å². The number of nitrogens with one attached hydrogen (secondary N) is 1. The van der Waals surface area contributed by atoms with Crippen LogP contribution in [0.25, 0.3) is 0 Å². The standard InChI is InChI=1S/C14H23N3S/c1-11-10-18-14(16-11)9-17-6-4-12(5-7-17)8-15-13-2-3-13/h10,12-13,15H,2-9H2,1H3. The van der Waals surface area contributed by atoms with Gasteiger partial charge in [0.15, 0.2) is 0 Å². The number of piperidine rings is 1. The Hall–Kier alpha value is -0.450. The number of hydrogen-bond donors (Lipinski definition) is 1. The largest absolute Gasteiger partial charge is 0.314 e. The molecule has 2 aliphatic rings. The number of aromatic nitrogens is 1. The number of thiazole rings is 1. The van der Waals surface area contributed by atoms with Gasteiger partial charge in [-0.05, 0) is 58.2 Å². The molecule has 100 valence electrons. The molecule has 1 N–H and O–H groups in total. The van der Waals surface area contributed by atoms with E-state index in [1.54, 1.807) is 11.3 Å². The third-order valence-electron chi connectivity index (χ3n) is 4.01. The number of likely N-dealkylation sites (tertiary alicyclic amines) is 1. The van der Waals surface area contributed by atoms with Crippen molar-refractivity contribution in [2.45, 2.75) is 45.2 Å². The fraction of sp³-hybridized carbons (Fsp3) is 0.786. The Kier molecular flexibility index (Phi) is 3.97. The molecule has 1 aromatic heterocycles. The third kappa shape index (κ3) is 3.53. The van der Waals surface area contributed by atoms with Gasteiger partial charge in [-0.3, -0.25) is 4.90 Å². The molecular weight excluding hydrogens is 242 g/mol. The van der Waals surface area contributed by atoms with Crippen LogP contribution in [0.4, 0.5) is 0 Å². The van der Waals surface area contributed by atoms with E-state index in [2.05, 4.69) is 27.5 Å². The van der Waals surface area contributed by atoms with Crippen molar-refractivity contribution in [2.24, 2.45) is 5.92 Å². The first-order chi connectivity index (χ1) is 8.79. The maximum atomic E-state index is 4.56. The fourth-order valence-electron chi connectivity index (χ4n) is 2.64. The lowest BCUT2D eigenvalue weighted by molar-refractivity contribution is 0.175. The lowest BCUT2D eigenvalue weighted by Gasteiger charge is -2.31. The van der Waals surface area contributed by atoms with Gasteiger partial charge in [-0.15, -0.1) is 11.3 Å². The van der Waals surface area contributed by atoms with E-state index in [1.807, 2.05) is 0 Å². The lowest BCUT2D eigenvalue weighted by atomic mass is 9.97. The van der Waals surface area contributed by atoms with Gasteiger partial charge in [-0.2, -0.15) is 0 Å². The van der Waals surface area contributed by atoms with Gasteiger partial charge in [-0.25, -0.2) is 4.98 Å². The van der Waals surface area contributed by atoms with Gasteiger partial charge in [0, 0.05) is 17.1 Å². The van der Waals surface area contributed by atoms with Crippen LogP contribution in [0, 0.1) is 12.8 Å². The summed E-state index contributed by atoms with van der Waals surface area (Å²) in [6, 6.07) is 0.862. The van der Waals surface area contributed by atoms with Gasteiger partial charge in [0.25, 0.3) is 0 Å². The van der Waals surface area contributed by atoms with Crippen LogP contribution in [0.5, 0.6) is 0 Å². The molecule has 2 heterocycles. The molecule has 0 radical (unpaired) electrons. The van der Waals surface area contributed by atoms with Crippen molar-refractivity contribution in [3.63, 3.8) is 0 Å². The molecule has 0 amide bonds. The molecule has 0 spiro atoms. The first-order valence-electron chi connectivity index (χ1n) is 7.16. The topological polar surface area (TPSA) is 28.2 Å². The Bertz CT molecular complexity index is 378. The Balaban J connectivity index is 1.39. The average Bonchev–Trinajstić information content (AvgIpc) is 3.12. The average molecular weight is 265 g/mol. The van der Waals surface area contributed by atoms with Gasteiger partial charge in [-0.1, -0.05) is 0 Å². The quantitative estimate of drug-likeness (QED) is 0.886. The van der Waals surface area contributed by atoms with E-state index in [9.17, 15) is 0 Å². The smallest absolute Gasteiger partial charge is 0.107 e. The second-order valence-electron chi connectivity index (χ2n) is 5.78. The molecule has 0 aromatic carbocycles. The van der Waals surface area contributed by atoms with Gasteiger partial charge in [0.05, 0.1) is 6.54 Å². The molecule has 1 saturated carbocycles. The molecule has 18 heavy (non-hydrogen) atoms. The molecule has 1 aromatic rings. The highest BCUT2D eigenvalue weighted by molar-refractivity contribution is 7.09. The summed E-state index contributed by atoms with van der Waals surface area (Å²) in [6.45, 7) is 6.87. The molecule has 3 rings (SSSR count). The first kappa shape index (κ1) is 12.6. The van der Waals surface area contributed by atoms with E-state index in [0.717, 1.165) is 18.5 Å². The molecule has 1 aliphatic heterocycles. The Morgan fingerprint density at radius 1 is 1.33 bits per heavy atom. The first-order valence-corrected chi connectivity index (χ1v) is 8.04. The molecule has 1 saturated heterocycles. The Morgan fingerprint density at radius 2 is 2.11 bits per heavy atom. The number of aryl methyl sites for hydroxylation is 1. The molecule has 3 nitrogen and oxygen atoms in total. The predicted octanol–water partition coefficient (Wildman–Crippen LogP) is 2.42. The van der Waals surface area contributed by atoms with Crippen LogP contribution < -0.4 is 5.32 Å². The van der Waals surface area contributed by atoms with Crippen LogP contribution in [-0.2, 0) is 6.54 Å². The van der Waals surface area contributed by atoms with E-state index in [4.69, 9.17) is 0 Å². The summed E-state index contributed by atoms with van der Waals surface area (Å²) >= 11 is 1.80. The van der Waals surface area contributed by atoms with E-state index in [0.29, 0.717) is 0 Å². The minimum atomic E-state index is 0.862. The summed E-state index contributed by atoms with van der Waals surface area (Å²) in [5.74, 6) is 0.903. The van der Waals surface area contributed by atoms with E-state index < -0.39 is 0 Å².